The number of hydrogen-bond donors (Lipinski definition) is 3. The molecule has 0 fully saturated rings. The molecule has 2 rings (SSSR count). The molecule has 0 amide bonds. The van der Waals surface area contributed by atoms with Gasteiger partial charge in [0.1, 0.15) is 11.5 Å². The van der Waals surface area contributed by atoms with Crippen molar-refractivity contribution in [3.05, 3.63) is 42.5 Å². The van der Waals surface area contributed by atoms with E-state index < -0.39 is 0 Å². The van der Waals surface area contributed by atoms with Crippen LogP contribution in [0.1, 0.15) is 0 Å². The normalized spacial score (nSPS) is 10.0. The standard InChI is InChI=1S/C12H11NO3/c13-9-3-1-2-4-12(9)16-8-5-6-10(14)11(15)7-8/h1-7,14-15H,13H2. The second kappa shape index (κ2) is 4.02. The molecule has 0 aliphatic heterocycles. The van der Waals surface area contributed by atoms with Crippen LogP contribution in [0.4, 0.5) is 5.69 Å². The minimum atomic E-state index is -0.230. The van der Waals surface area contributed by atoms with Gasteiger partial charge < -0.3 is 20.7 Å². The van der Waals surface area contributed by atoms with Crippen LogP contribution >= 0.6 is 0 Å². The highest BCUT2D eigenvalue weighted by Crippen LogP contribution is 2.33. The third-order valence-corrected chi connectivity index (χ3v) is 2.09. The Hall–Kier alpha value is -2.36. The van der Waals surface area contributed by atoms with E-state index in [9.17, 15) is 5.11 Å². The van der Waals surface area contributed by atoms with Gasteiger partial charge in [-0.3, -0.25) is 0 Å². The van der Waals surface area contributed by atoms with Crippen LogP contribution in [0.2, 0.25) is 0 Å². The first-order chi connectivity index (χ1) is 7.66. The first-order valence-corrected chi connectivity index (χ1v) is 4.71. The second-order valence-electron chi connectivity index (χ2n) is 3.29. The molecule has 0 saturated carbocycles. The Labute approximate surface area is 92.5 Å². The van der Waals surface area contributed by atoms with Crippen molar-refractivity contribution < 1.29 is 14.9 Å². The number of nitrogens with two attached hydrogens (primary N) is 1. The molecule has 0 bridgehead atoms. The molecular weight excluding hydrogens is 206 g/mol. The molecule has 0 heterocycles. The summed E-state index contributed by atoms with van der Waals surface area (Å²) >= 11 is 0. The maximum atomic E-state index is 9.29. The molecule has 4 nitrogen and oxygen atoms in total. The molecule has 0 radical (unpaired) electrons. The van der Waals surface area contributed by atoms with Gasteiger partial charge in [0.15, 0.2) is 11.5 Å². The molecule has 0 spiro atoms. The number of phenolic OH excluding ortho intramolecular Hbond substituents is 2. The maximum Gasteiger partial charge on any atom is 0.161 e. The number of nitrogen functional groups attached to an aromatic ring is 1. The zero-order valence-corrected chi connectivity index (χ0v) is 8.42. The molecule has 0 atom stereocenters. The van der Waals surface area contributed by atoms with E-state index in [0.29, 0.717) is 17.2 Å². The number of anilines is 1. The summed E-state index contributed by atoms with van der Waals surface area (Å²) in [5, 5.41) is 18.4. The summed E-state index contributed by atoms with van der Waals surface area (Å²) in [6.45, 7) is 0. The Kier molecular flexibility index (Phi) is 2.55. The van der Waals surface area contributed by atoms with Crippen LogP contribution in [0.25, 0.3) is 0 Å². The molecule has 0 aliphatic carbocycles. The number of ether oxygens (including phenoxy) is 1. The third-order valence-electron chi connectivity index (χ3n) is 2.09. The van der Waals surface area contributed by atoms with Gasteiger partial charge in [-0.25, -0.2) is 0 Å². The highest BCUT2D eigenvalue weighted by atomic mass is 16.5. The first kappa shape index (κ1) is 10.2. The van der Waals surface area contributed by atoms with Crippen LogP contribution in [-0.2, 0) is 0 Å². The van der Waals surface area contributed by atoms with Gasteiger partial charge in [-0.05, 0) is 24.3 Å². The minimum Gasteiger partial charge on any atom is -0.504 e. The van der Waals surface area contributed by atoms with Crippen molar-refractivity contribution in [2.45, 2.75) is 0 Å². The van der Waals surface area contributed by atoms with Crippen molar-refractivity contribution in [2.75, 3.05) is 5.73 Å². The molecule has 82 valence electrons. The smallest absolute Gasteiger partial charge is 0.161 e. The maximum absolute atomic E-state index is 9.29. The lowest BCUT2D eigenvalue weighted by Gasteiger charge is -2.08. The van der Waals surface area contributed by atoms with Crippen LogP contribution < -0.4 is 10.5 Å². The lowest BCUT2D eigenvalue weighted by atomic mass is 10.3. The number of para-hydroxylation sites is 2. The molecule has 16 heavy (non-hydrogen) atoms. The van der Waals surface area contributed by atoms with Crippen LogP contribution in [0.5, 0.6) is 23.0 Å². The first-order valence-electron chi connectivity index (χ1n) is 4.71. The number of rotatable bonds is 2. The van der Waals surface area contributed by atoms with E-state index >= 15 is 0 Å². The molecule has 0 saturated heterocycles. The van der Waals surface area contributed by atoms with Gasteiger partial charge in [0.05, 0.1) is 5.69 Å². The topological polar surface area (TPSA) is 75.7 Å². The zero-order chi connectivity index (χ0) is 11.5. The summed E-state index contributed by atoms with van der Waals surface area (Å²) in [7, 11) is 0. The highest BCUT2D eigenvalue weighted by Gasteiger charge is 2.04. The number of benzene rings is 2. The average molecular weight is 217 g/mol. The Morgan fingerprint density at radius 3 is 2.38 bits per heavy atom. The lowest BCUT2D eigenvalue weighted by Crippen LogP contribution is -1.91. The summed E-state index contributed by atoms with van der Waals surface area (Å²) in [5.41, 5.74) is 6.21. The van der Waals surface area contributed by atoms with Crippen LogP contribution in [0.15, 0.2) is 42.5 Å². The zero-order valence-electron chi connectivity index (χ0n) is 8.42. The van der Waals surface area contributed by atoms with E-state index in [1.807, 2.05) is 0 Å². The summed E-state index contributed by atoms with van der Waals surface area (Å²) in [5.74, 6) is 0.501. The molecule has 2 aromatic rings. The predicted octanol–water partition coefficient (Wildman–Crippen LogP) is 2.47. The van der Waals surface area contributed by atoms with Crippen LogP contribution in [-0.4, -0.2) is 10.2 Å². The van der Waals surface area contributed by atoms with Crippen molar-refractivity contribution in [1.82, 2.24) is 0 Å². The fourth-order valence-corrected chi connectivity index (χ4v) is 1.27. The third kappa shape index (κ3) is 2.00. The fourth-order valence-electron chi connectivity index (χ4n) is 1.27. The summed E-state index contributed by atoms with van der Waals surface area (Å²) in [6.07, 6.45) is 0. The van der Waals surface area contributed by atoms with E-state index in [1.54, 1.807) is 30.3 Å². The fraction of sp³-hybridized carbons (Fsp3) is 0. The van der Waals surface area contributed by atoms with E-state index in [0.717, 1.165) is 0 Å². The molecule has 2 aromatic carbocycles. The quantitative estimate of drug-likeness (QED) is 0.533. The molecule has 0 aliphatic rings. The summed E-state index contributed by atoms with van der Waals surface area (Å²) < 4.78 is 5.45. The van der Waals surface area contributed by atoms with Gasteiger partial charge in [-0.2, -0.15) is 0 Å². The Balaban J connectivity index is 2.28. The van der Waals surface area contributed by atoms with Crippen molar-refractivity contribution in [3.63, 3.8) is 0 Å². The van der Waals surface area contributed by atoms with Gasteiger partial charge in [-0.1, -0.05) is 12.1 Å². The van der Waals surface area contributed by atoms with E-state index in [2.05, 4.69) is 0 Å². The van der Waals surface area contributed by atoms with Crippen molar-refractivity contribution in [1.29, 1.82) is 0 Å². The van der Waals surface area contributed by atoms with Crippen molar-refractivity contribution in [3.8, 4) is 23.0 Å². The van der Waals surface area contributed by atoms with Crippen LogP contribution in [0.3, 0.4) is 0 Å². The predicted molar refractivity (Wildman–Crippen MR) is 60.7 cm³/mol. The number of phenols is 2. The van der Waals surface area contributed by atoms with E-state index in [1.165, 1.54) is 12.1 Å². The van der Waals surface area contributed by atoms with Crippen molar-refractivity contribution >= 4 is 5.69 Å². The second-order valence-corrected chi connectivity index (χ2v) is 3.29. The van der Waals surface area contributed by atoms with Gasteiger partial charge in [0.25, 0.3) is 0 Å². The van der Waals surface area contributed by atoms with E-state index in [4.69, 9.17) is 15.6 Å². The van der Waals surface area contributed by atoms with Gasteiger partial charge in [-0.15, -0.1) is 0 Å². The monoisotopic (exact) mass is 217 g/mol. The lowest BCUT2D eigenvalue weighted by molar-refractivity contribution is 0.398. The van der Waals surface area contributed by atoms with Crippen LogP contribution in [0, 0.1) is 0 Å². The highest BCUT2D eigenvalue weighted by molar-refractivity contribution is 5.54. The number of hydrogen-bond acceptors (Lipinski definition) is 4. The summed E-state index contributed by atoms with van der Waals surface area (Å²) in [4.78, 5) is 0. The average Bonchev–Trinajstić information content (AvgIpc) is 2.27. The van der Waals surface area contributed by atoms with Gasteiger partial charge in [0, 0.05) is 6.07 Å². The van der Waals surface area contributed by atoms with Gasteiger partial charge in [0.2, 0.25) is 0 Å². The Bertz CT molecular complexity index is 511. The molecule has 0 unspecified atom stereocenters. The SMILES string of the molecule is Nc1ccccc1Oc1ccc(O)c(O)c1. The molecule has 0 aromatic heterocycles. The molecular formula is C12H11NO3. The van der Waals surface area contributed by atoms with E-state index in [-0.39, 0.29) is 11.5 Å². The molecule has 4 N–H and O–H groups in total. The van der Waals surface area contributed by atoms with Gasteiger partial charge >= 0.3 is 0 Å². The number of aromatic hydroxyl groups is 2. The Morgan fingerprint density at radius 2 is 1.69 bits per heavy atom. The summed E-state index contributed by atoms with van der Waals surface area (Å²) in [6, 6.07) is 11.3. The largest absolute Gasteiger partial charge is 0.504 e. The minimum absolute atomic E-state index is 0.187. The van der Waals surface area contributed by atoms with Crippen molar-refractivity contribution in [2.24, 2.45) is 0 Å². The molecule has 4 heteroatoms. The Morgan fingerprint density at radius 1 is 0.938 bits per heavy atom.